The number of nitro groups is 1. The Morgan fingerprint density at radius 1 is 1.29 bits per heavy atom. The molecule has 72 valence electrons. The van der Waals surface area contributed by atoms with Crippen molar-refractivity contribution in [2.45, 2.75) is 13.8 Å². The first-order valence-corrected chi connectivity index (χ1v) is 4.32. The molecule has 14 heavy (non-hydrogen) atoms. The van der Waals surface area contributed by atoms with Crippen LogP contribution in [0.5, 0.6) is 0 Å². The molecule has 0 unspecified atom stereocenters. The summed E-state index contributed by atoms with van der Waals surface area (Å²) in [4.78, 5) is 13.3. The molecule has 0 saturated carbocycles. The largest absolute Gasteiger partial charge is 0.361 e. The SMILES string of the molecule is Cc1cc2c(C)c[nH]c2cc1[N+](=O)[O-]. The van der Waals surface area contributed by atoms with E-state index < -0.39 is 0 Å². The van der Waals surface area contributed by atoms with Gasteiger partial charge >= 0.3 is 0 Å². The lowest BCUT2D eigenvalue weighted by Crippen LogP contribution is -1.91. The summed E-state index contributed by atoms with van der Waals surface area (Å²) in [5, 5.41) is 11.7. The Morgan fingerprint density at radius 3 is 2.64 bits per heavy atom. The van der Waals surface area contributed by atoms with E-state index in [1.165, 1.54) is 0 Å². The van der Waals surface area contributed by atoms with E-state index in [4.69, 9.17) is 0 Å². The molecule has 0 spiro atoms. The van der Waals surface area contributed by atoms with Crippen LogP contribution in [0, 0.1) is 24.0 Å². The van der Waals surface area contributed by atoms with Crippen molar-refractivity contribution in [3.05, 3.63) is 39.6 Å². The second kappa shape index (κ2) is 2.83. The van der Waals surface area contributed by atoms with E-state index in [1.807, 2.05) is 19.2 Å². The molecule has 0 fully saturated rings. The minimum Gasteiger partial charge on any atom is -0.361 e. The fourth-order valence-corrected chi connectivity index (χ4v) is 1.60. The minimum absolute atomic E-state index is 0.166. The average molecular weight is 190 g/mol. The number of nitrogens with zero attached hydrogens (tertiary/aromatic N) is 1. The monoisotopic (exact) mass is 190 g/mol. The van der Waals surface area contributed by atoms with Gasteiger partial charge in [0.15, 0.2) is 0 Å². The molecule has 0 radical (unpaired) electrons. The quantitative estimate of drug-likeness (QED) is 0.555. The van der Waals surface area contributed by atoms with Gasteiger partial charge in [0.25, 0.3) is 5.69 Å². The first-order valence-electron chi connectivity index (χ1n) is 4.32. The standard InChI is InChI=1S/C10H10N2O2/c1-6-3-8-7(2)5-11-9(8)4-10(6)12(13)14/h3-5,11H,1-2H3. The average Bonchev–Trinajstić information content (AvgIpc) is 2.46. The van der Waals surface area contributed by atoms with Crippen molar-refractivity contribution in [3.63, 3.8) is 0 Å². The molecule has 2 rings (SSSR count). The normalized spacial score (nSPS) is 10.7. The fourth-order valence-electron chi connectivity index (χ4n) is 1.60. The molecule has 0 aliphatic rings. The number of aryl methyl sites for hydroxylation is 2. The smallest absolute Gasteiger partial charge is 0.274 e. The van der Waals surface area contributed by atoms with Crippen LogP contribution in [0.15, 0.2) is 18.3 Å². The summed E-state index contributed by atoms with van der Waals surface area (Å²) in [6.07, 6.45) is 1.85. The molecule has 1 aromatic carbocycles. The van der Waals surface area contributed by atoms with Gasteiger partial charge in [-0.05, 0) is 25.5 Å². The highest BCUT2D eigenvalue weighted by molar-refractivity contribution is 5.86. The van der Waals surface area contributed by atoms with Crippen molar-refractivity contribution in [2.24, 2.45) is 0 Å². The van der Waals surface area contributed by atoms with Gasteiger partial charge < -0.3 is 4.98 Å². The van der Waals surface area contributed by atoms with E-state index in [0.717, 1.165) is 16.5 Å². The van der Waals surface area contributed by atoms with E-state index in [1.54, 1.807) is 13.0 Å². The van der Waals surface area contributed by atoms with Crippen LogP contribution in [0.4, 0.5) is 5.69 Å². The van der Waals surface area contributed by atoms with Crippen LogP contribution in [0.1, 0.15) is 11.1 Å². The van der Waals surface area contributed by atoms with Crippen molar-refractivity contribution in [1.82, 2.24) is 4.98 Å². The molecule has 2 aromatic rings. The molecule has 0 saturated heterocycles. The third-order valence-corrected chi connectivity index (χ3v) is 2.40. The molecular formula is C10H10N2O2. The number of aromatic nitrogens is 1. The van der Waals surface area contributed by atoms with E-state index in [2.05, 4.69) is 4.98 Å². The third-order valence-electron chi connectivity index (χ3n) is 2.40. The van der Waals surface area contributed by atoms with Crippen LogP contribution >= 0.6 is 0 Å². The van der Waals surface area contributed by atoms with Gasteiger partial charge in [-0.15, -0.1) is 0 Å². The summed E-state index contributed by atoms with van der Waals surface area (Å²) < 4.78 is 0. The highest BCUT2D eigenvalue weighted by Crippen LogP contribution is 2.26. The lowest BCUT2D eigenvalue weighted by molar-refractivity contribution is -0.385. The van der Waals surface area contributed by atoms with Gasteiger partial charge in [0.2, 0.25) is 0 Å². The van der Waals surface area contributed by atoms with Crippen molar-refractivity contribution < 1.29 is 4.92 Å². The Balaban J connectivity index is 2.79. The summed E-state index contributed by atoms with van der Waals surface area (Å²) >= 11 is 0. The molecule has 0 aliphatic heterocycles. The van der Waals surface area contributed by atoms with E-state index in [0.29, 0.717) is 5.56 Å². The topological polar surface area (TPSA) is 58.9 Å². The summed E-state index contributed by atoms with van der Waals surface area (Å²) in [6, 6.07) is 3.43. The Bertz CT molecular complexity index is 514. The zero-order valence-corrected chi connectivity index (χ0v) is 8.00. The van der Waals surface area contributed by atoms with Gasteiger partial charge in [-0.2, -0.15) is 0 Å². The van der Waals surface area contributed by atoms with Gasteiger partial charge in [0.1, 0.15) is 0 Å². The Kier molecular flexibility index (Phi) is 1.77. The van der Waals surface area contributed by atoms with Crippen LogP contribution < -0.4 is 0 Å². The molecule has 1 heterocycles. The minimum atomic E-state index is -0.356. The van der Waals surface area contributed by atoms with Gasteiger partial charge in [-0.25, -0.2) is 0 Å². The van der Waals surface area contributed by atoms with E-state index in [9.17, 15) is 10.1 Å². The second-order valence-corrected chi connectivity index (χ2v) is 3.41. The van der Waals surface area contributed by atoms with Gasteiger partial charge in [-0.1, -0.05) is 0 Å². The zero-order chi connectivity index (χ0) is 10.3. The number of H-pyrrole nitrogens is 1. The van der Waals surface area contributed by atoms with Crippen LogP contribution in [0.25, 0.3) is 10.9 Å². The third kappa shape index (κ3) is 1.16. The lowest BCUT2D eigenvalue weighted by atomic mass is 10.1. The Hall–Kier alpha value is -1.84. The predicted octanol–water partition coefficient (Wildman–Crippen LogP) is 2.69. The molecule has 0 aliphatic carbocycles. The lowest BCUT2D eigenvalue weighted by Gasteiger charge is -1.97. The van der Waals surface area contributed by atoms with Gasteiger partial charge in [-0.3, -0.25) is 10.1 Å². The zero-order valence-electron chi connectivity index (χ0n) is 8.00. The number of hydrogen-bond acceptors (Lipinski definition) is 2. The highest BCUT2D eigenvalue weighted by atomic mass is 16.6. The van der Waals surface area contributed by atoms with E-state index >= 15 is 0 Å². The highest BCUT2D eigenvalue weighted by Gasteiger charge is 2.12. The number of nitrogens with one attached hydrogen (secondary N) is 1. The van der Waals surface area contributed by atoms with Crippen LogP contribution in [0.2, 0.25) is 0 Å². The molecule has 0 bridgehead atoms. The molecule has 0 atom stereocenters. The molecule has 1 aromatic heterocycles. The van der Waals surface area contributed by atoms with Crippen LogP contribution in [-0.4, -0.2) is 9.91 Å². The number of nitro benzene ring substituents is 1. The van der Waals surface area contributed by atoms with Crippen LogP contribution in [0.3, 0.4) is 0 Å². The number of benzene rings is 1. The van der Waals surface area contributed by atoms with Crippen molar-refractivity contribution in [1.29, 1.82) is 0 Å². The number of fused-ring (bicyclic) bond motifs is 1. The Morgan fingerprint density at radius 2 is 2.00 bits per heavy atom. The number of rotatable bonds is 1. The molecular weight excluding hydrogens is 180 g/mol. The molecule has 4 nitrogen and oxygen atoms in total. The maximum Gasteiger partial charge on any atom is 0.274 e. The second-order valence-electron chi connectivity index (χ2n) is 3.41. The number of hydrogen-bond donors (Lipinski definition) is 1. The first-order chi connectivity index (χ1) is 6.59. The molecule has 1 N–H and O–H groups in total. The van der Waals surface area contributed by atoms with Crippen molar-refractivity contribution in [2.75, 3.05) is 0 Å². The predicted molar refractivity (Wildman–Crippen MR) is 54.4 cm³/mol. The van der Waals surface area contributed by atoms with Crippen molar-refractivity contribution >= 4 is 16.6 Å². The van der Waals surface area contributed by atoms with E-state index in [-0.39, 0.29) is 10.6 Å². The summed E-state index contributed by atoms with van der Waals surface area (Å²) in [6.45, 7) is 3.73. The maximum atomic E-state index is 10.7. The van der Waals surface area contributed by atoms with Gasteiger partial charge in [0.05, 0.1) is 10.4 Å². The Labute approximate surface area is 80.7 Å². The van der Waals surface area contributed by atoms with Crippen LogP contribution in [-0.2, 0) is 0 Å². The fraction of sp³-hybridized carbons (Fsp3) is 0.200. The first kappa shape index (κ1) is 8.74. The summed E-state index contributed by atoms with van der Waals surface area (Å²) in [5.41, 5.74) is 2.79. The number of aromatic amines is 1. The maximum absolute atomic E-state index is 10.7. The van der Waals surface area contributed by atoms with Gasteiger partial charge in [0, 0.05) is 23.2 Å². The molecule has 0 amide bonds. The molecule has 4 heteroatoms. The summed E-state index contributed by atoms with van der Waals surface area (Å²) in [5.74, 6) is 0. The summed E-state index contributed by atoms with van der Waals surface area (Å²) in [7, 11) is 0. The van der Waals surface area contributed by atoms with Crippen molar-refractivity contribution in [3.8, 4) is 0 Å².